The third-order valence-electron chi connectivity index (χ3n) is 5.45. The number of hydrogen-bond donors (Lipinski definition) is 0. The van der Waals surface area contributed by atoms with Crippen LogP contribution in [0, 0.1) is 11.3 Å². The summed E-state index contributed by atoms with van der Waals surface area (Å²) in [7, 11) is 0. The minimum Gasteiger partial charge on any atom is -0.467 e. The molecule has 0 atom stereocenters. The fourth-order valence-electron chi connectivity index (χ4n) is 3.60. The smallest absolute Gasteiger partial charge is 0.266 e. The Morgan fingerprint density at radius 3 is 2.65 bits per heavy atom. The topological polar surface area (TPSA) is 92.1 Å². The van der Waals surface area contributed by atoms with Crippen molar-refractivity contribution in [3.05, 3.63) is 88.6 Å². The van der Waals surface area contributed by atoms with Crippen LogP contribution in [0.4, 0.5) is 0 Å². The molecular weight excluding hydrogens is 448 g/mol. The van der Waals surface area contributed by atoms with Crippen molar-refractivity contribution in [1.29, 1.82) is 5.26 Å². The number of amides is 1. The second-order valence-electron chi connectivity index (χ2n) is 7.66. The highest BCUT2D eigenvalue weighted by Crippen LogP contribution is 2.22. The first-order chi connectivity index (χ1) is 16.6. The Kier molecular flexibility index (Phi) is 7.45. The molecule has 0 saturated carbocycles. The number of furan rings is 1. The second kappa shape index (κ2) is 10.9. The lowest BCUT2D eigenvalue weighted by molar-refractivity contribution is -0.129. The molecular formula is C26H24N4O3S. The average molecular weight is 473 g/mol. The fraction of sp³-hybridized carbons (Fsp3) is 0.231. The molecule has 7 nitrogen and oxygen atoms in total. The lowest BCUT2D eigenvalue weighted by Gasteiger charge is -2.20. The van der Waals surface area contributed by atoms with Crippen molar-refractivity contribution < 1.29 is 9.21 Å². The van der Waals surface area contributed by atoms with Gasteiger partial charge >= 0.3 is 0 Å². The van der Waals surface area contributed by atoms with Crippen LogP contribution in [0.1, 0.15) is 24.7 Å². The Hall–Kier alpha value is -3.83. The number of fused-ring (bicyclic) bond motifs is 1. The summed E-state index contributed by atoms with van der Waals surface area (Å²) in [5.74, 6) is 0.559. The summed E-state index contributed by atoms with van der Waals surface area (Å²) in [6.07, 6.45) is 2.67. The number of nitrogens with zero attached hydrogens (tertiary/aromatic N) is 4. The summed E-state index contributed by atoms with van der Waals surface area (Å²) in [5, 5.41) is 9.96. The molecule has 0 spiro atoms. The van der Waals surface area contributed by atoms with E-state index in [0.29, 0.717) is 34.1 Å². The van der Waals surface area contributed by atoms with Crippen molar-refractivity contribution >= 4 is 28.6 Å². The quantitative estimate of drug-likeness (QED) is 0.262. The highest BCUT2D eigenvalue weighted by atomic mass is 32.2. The summed E-state index contributed by atoms with van der Waals surface area (Å²) in [6.45, 7) is 2.66. The van der Waals surface area contributed by atoms with E-state index in [0.717, 1.165) is 6.42 Å². The number of hydrogen-bond acceptors (Lipinski definition) is 6. The predicted octanol–water partition coefficient (Wildman–Crippen LogP) is 4.58. The van der Waals surface area contributed by atoms with Gasteiger partial charge in [0, 0.05) is 6.54 Å². The van der Waals surface area contributed by atoms with Crippen molar-refractivity contribution in [2.45, 2.75) is 31.5 Å². The van der Waals surface area contributed by atoms with Gasteiger partial charge in [0.05, 0.1) is 47.6 Å². The molecule has 8 heteroatoms. The number of thioether (sulfide) groups is 1. The van der Waals surface area contributed by atoms with E-state index in [4.69, 9.17) is 14.7 Å². The van der Waals surface area contributed by atoms with Gasteiger partial charge in [0.15, 0.2) is 5.16 Å². The summed E-state index contributed by atoms with van der Waals surface area (Å²) >= 11 is 1.21. The van der Waals surface area contributed by atoms with Crippen LogP contribution in [-0.4, -0.2) is 32.7 Å². The standard InChI is InChI=1S/C26H24N4O3S/c1-2-19-10-12-20(13-11-19)30-25(32)22-8-3-4-9-23(22)28-26(30)34-18-24(31)29(15-6-14-27)17-21-7-5-16-33-21/h3-5,7-13,16H,2,6,15,17-18H2,1H3. The molecule has 0 aliphatic rings. The number of carbonyl (C=O) groups is 1. The minimum atomic E-state index is -0.179. The van der Waals surface area contributed by atoms with Crippen molar-refractivity contribution in [2.24, 2.45) is 0 Å². The Labute approximate surface area is 201 Å². The monoisotopic (exact) mass is 472 g/mol. The highest BCUT2D eigenvalue weighted by molar-refractivity contribution is 7.99. The van der Waals surface area contributed by atoms with E-state index < -0.39 is 0 Å². The first-order valence-electron chi connectivity index (χ1n) is 11.0. The molecule has 0 unspecified atom stereocenters. The number of aromatic nitrogens is 2. The lowest BCUT2D eigenvalue weighted by Crippen LogP contribution is -2.33. The maximum atomic E-state index is 13.4. The lowest BCUT2D eigenvalue weighted by atomic mass is 10.1. The zero-order valence-electron chi connectivity index (χ0n) is 18.8. The molecule has 2 aromatic heterocycles. The van der Waals surface area contributed by atoms with E-state index in [-0.39, 0.29) is 30.2 Å². The van der Waals surface area contributed by atoms with Crippen LogP contribution in [0.3, 0.4) is 0 Å². The Balaban J connectivity index is 1.65. The third-order valence-corrected chi connectivity index (χ3v) is 6.37. The van der Waals surface area contributed by atoms with Crippen LogP contribution in [0.5, 0.6) is 0 Å². The van der Waals surface area contributed by atoms with E-state index in [1.807, 2.05) is 36.4 Å². The van der Waals surface area contributed by atoms with E-state index in [1.54, 1.807) is 40.0 Å². The van der Waals surface area contributed by atoms with Crippen LogP contribution in [0.25, 0.3) is 16.6 Å². The predicted molar refractivity (Wildman–Crippen MR) is 132 cm³/mol. The molecule has 2 heterocycles. The summed E-state index contributed by atoms with van der Waals surface area (Å²) < 4.78 is 6.94. The molecule has 1 amide bonds. The average Bonchev–Trinajstić information content (AvgIpc) is 3.38. The van der Waals surface area contributed by atoms with Crippen LogP contribution in [0.2, 0.25) is 0 Å². The zero-order chi connectivity index (χ0) is 23.9. The largest absolute Gasteiger partial charge is 0.467 e. The van der Waals surface area contributed by atoms with Gasteiger partial charge < -0.3 is 9.32 Å². The molecule has 0 radical (unpaired) electrons. The number of nitriles is 1. The SMILES string of the molecule is CCc1ccc(-n2c(SCC(=O)N(CCC#N)Cc3ccco3)nc3ccccc3c2=O)cc1. The van der Waals surface area contributed by atoms with Crippen molar-refractivity contribution in [3.8, 4) is 11.8 Å². The van der Waals surface area contributed by atoms with Crippen LogP contribution < -0.4 is 5.56 Å². The second-order valence-corrected chi connectivity index (χ2v) is 8.61. The van der Waals surface area contributed by atoms with Crippen molar-refractivity contribution in [3.63, 3.8) is 0 Å². The van der Waals surface area contributed by atoms with Crippen molar-refractivity contribution in [1.82, 2.24) is 14.5 Å². The van der Waals surface area contributed by atoms with Gasteiger partial charge in [-0.2, -0.15) is 5.26 Å². The molecule has 4 rings (SSSR count). The molecule has 0 bridgehead atoms. The van der Waals surface area contributed by atoms with E-state index in [9.17, 15) is 9.59 Å². The summed E-state index contributed by atoms with van der Waals surface area (Å²) in [4.78, 5) is 32.8. The van der Waals surface area contributed by atoms with Crippen LogP contribution in [-0.2, 0) is 17.8 Å². The molecule has 172 valence electrons. The molecule has 2 aromatic carbocycles. The zero-order valence-corrected chi connectivity index (χ0v) is 19.6. The molecule has 0 fully saturated rings. The van der Waals surface area contributed by atoms with Gasteiger partial charge in [-0.05, 0) is 48.4 Å². The summed E-state index contributed by atoms with van der Waals surface area (Å²) in [5.41, 5.74) is 2.27. The summed E-state index contributed by atoms with van der Waals surface area (Å²) in [6, 6.07) is 20.6. The number of carbonyl (C=O) groups excluding carboxylic acids is 1. The Bertz CT molecular complexity index is 1370. The Morgan fingerprint density at radius 2 is 1.94 bits per heavy atom. The van der Waals surface area contributed by atoms with E-state index in [2.05, 4.69) is 13.0 Å². The maximum absolute atomic E-state index is 13.4. The van der Waals surface area contributed by atoms with Crippen LogP contribution >= 0.6 is 11.8 Å². The van der Waals surface area contributed by atoms with Gasteiger partial charge in [0.2, 0.25) is 5.91 Å². The molecule has 0 saturated heterocycles. The first kappa shape index (κ1) is 23.3. The van der Waals surface area contributed by atoms with Gasteiger partial charge in [0.1, 0.15) is 5.76 Å². The van der Waals surface area contributed by atoms with Crippen LogP contribution in [0.15, 0.2) is 81.3 Å². The number of rotatable bonds is 9. The molecule has 4 aromatic rings. The van der Waals surface area contributed by atoms with Gasteiger partial charge in [-0.1, -0.05) is 43.0 Å². The molecule has 0 N–H and O–H groups in total. The minimum absolute atomic E-state index is 0.0734. The fourth-order valence-corrected chi connectivity index (χ4v) is 4.52. The van der Waals surface area contributed by atoms with E-state index in [1.165, 1.54) is 17.3 Å². The normalized spacial score (nSPS) is 10.8. The van der Waals surface area contributed by atoms with Gasteiger partial charge in [-0.15, -0.1) is 0 Å². The van der Waals surface area contributed by atoms with E-state index >= 15 is 0 Å². The number of benzene rings is 2. The third kappa shape index (κ3) is 5.21. The maximum Gasteiger partial charge on any atom is 0.266 e. The molecule has 34 heavy (non-hydrogen) atoms. The molecule has 0 aliphatic carbocycles. The van der Waals surface area contributed by atoms with Crippen molar-refractivity contribution in [2.75, 3.05) is 12.3 Å². The molecule has 0 aliphatic heterocycles. The van der Waals surface area contributed by atoms with Gasteiger partial charge in [0.25, 0.3) is 5.56 Å². The number of para-hydroxylation sites is 1. The Morgan fingerprint density at radius 1 is 1.15 bits per heavy atom. The number of aryl methyl sites for hydroxylation is 1. The highest BCUT2D eigenvalue weighted by Gasteiger charge is 2.19. The van der Waals surface area contributed by atoms with Gasteiger partial charge in [-0.3, -0.25) is 14.2 Å². The van der Waals surface area contributed by atoms with Gasteiger partial charge in [-0.25, -0.2) is 4.98 Å². The first-order valence-corrected chi connectivity index (χ1v) is 12.0.